The van der Waals surface area contributed by atoms with Crippen LogP contribution in [0, 0.1) is 18.3 Å². The summed E-state index contributed by atoms with van der Waals surface area (Å²) >= 11 is 0. The smallest absolute Gasteiger partial charge is 0.325 e. The molecule has 0 heterocycles. The van der Waals surface area contributed by atoms with Crippen LogP contribution in [-0.4, -0.2) is 16.6 Å². The first kappa shape index (κ1) is 6.12. The molecule has 0 bridgehead atoms. The molecule has 2 atom stereocenters. The number of hydrogen-bond acceptors (Lipinski definition) is 2. The Morgan fingerprint density at radius 3 is 2.67 bits per heavy atom. The minimum Gasteiger partial charge on any atom is -0.480 e. The van der Waals surface area contributed by atoms with Crippen LogP contribution in [0.25, 0.3) is 0 Å². The number of carboxylic acid groups (broad SMARTS) is 1. The maximum atomic E-state index is 10.2. The summed E-state index contributed by atoms with van der Waals surface area (Å²) in [6.07, 6.45) is 5.37. The van der Waals surface area contributed by atoms with E-state index in [0.717, 1.165) is 0 Å². The van der Waals surface area contributed by atoms with Crippen molar-refractivity contribution >= 4 is 5.97 Å². The van der Waals surface area contributed by atoms with Gasteiger partial charge in [0.1, 0.15) is 5.54 Å². The molecule has 9 heavy (non-hydrogen) atoms. The molecule has 3 nitrogen and oxygen atoms in total. The zero-order chi connectivity index (χ0) is 7.07. The number of terminal acetylenes is 1. The van der Waals surface area contributed by atoms with Crippen molar-refractivity contribution in [3.05, 3.63) is 0 Å². The first-order valence-corrected chi connectivity index (χ1v) is 2.59. The SMILES string of the molecule is C#CC1CC1(N)C(=O)O. The largest absolute Gasteiger partial charge is 0.480 e. The highest BCUT2D eigenvalue weighted by Gasteiger charge is 2.56. The Labute approximate surface area is 52.9 Å². The van der Waals surface area contributed by atoms with Gasteiger partial charge in [0.05, 0.1) is 5.92 Å². The maximum Gasteiger partial charge on any atom is 0.325 e. The lowest BCUT2D eigenvalue weighted by atomic mass is 10.2. The normalized spacial score (nSPS) is 39.3. The van der Waals surface area contributed by atoms with Crippen LogP contribution in [-0.2, 0) is 4.79 Å². The topological polar surface area (TPSA) is 63.3 Å². The molecule has 0 amide bonds. The van der Waals surface area contributed by atoms with Crippen LogP contribution in [0.3, 0.4) is 0 Å². The van der Waals surface area contributed by atoms with Crippen LogP contribution < -0.4 is 5.73 Å². The second-order valence-corrected chi connectivity index (χ2v) is 2.27. The van der Waals surface area contributed by atoms with Gasteiger partial charge in [-0.25, -0.2) is 0 Å². The van der Waals surface area contributed by atoms with Crippen LogP contribution in [0.4, 0.5) is 0 Å². The maximum absolute atomic E-state index is 10.2. The number of carboxylic acids is 1. The molecule has 1 rings (SSSR count). The lowest BCUT2D eigenvalue weighted by Gasteiger charge is -1.98. The fraction of sp³-hybridized carbons (Fsp3) is 0.500. The van der Waals surface area contributed by atoms with E-state index >= 15 is 0 Å². The summed E-state index contributed by atoms with van der Waals surface area (Å²) in [4.78, 5) is 10.2. The monoisotopic (exact) mass is 125 g/mol. The van der Waals surface area contributed by atoms with Crippen LogP contribution in [0.2, 0.25) is 0 Å². The van der Waals surface area contributed by atoms with Gasteiger partial charge < -0.3 is 10.8 Å². The van der Waals surface area contributed by atoms with Crippen molar-refractivity contribution in [3.63, 3.8) is 0 Å². The van der Waals surface area contributed by atoms with Gasteiger partial charge in [0, 0.05) is 0 Å². The van der Waals surface area contributed by atoms with E-state index in [9.17, 15) is 4.79 Å². The second kappa shape index (κ2) is 1.49. The van der Waals surface area contributed by atoms with E-state index in [2.05, 4.69) is 5.92 Å². The summed E-state index contributed by atoms with van der Waals surface area (Å²) in [5, 5.41) is 8.39. The van der Waals surface area contributed by atoms with Crippen LogP contribution in [0.5, 0.6) is 0 Å². The van der Waals surface area contributed by atoms with Gasteiger partial charge in [0.25, 0.3) is 0 Å². The molecule has 0 spiro atoms. The van der Waals surface area contributed by atoms with Gasteiger partial charge in [0.15, 0.2) is 0 Å². The molecule has 1 aliphatic rings. The van der Waals surface area contributed by atoms with Crippen molar-refractivity contribution in [1.82, 2.24) is 0 Å². The predicted octanol–water partition coefficient (Wildman–Crippen LogP) is -0.578. The van der Waals surface area contributed by atoms with Crippen molar-refractivity contribution in [2.24, 2.45) is 11.7 Å². The summed E-state index contributed by atoms with van der Waals surface area (Å²) < 4.78 is 0. The van der Waals surface area contributed by atoms with Crippen molar-refractivity contribution in [3.8, 4) is 12.3 Å². The van der Waals surface area contributed by atoms with Gasteiger partial charge >= 0.3 is 5.97 Å². The minimum atomic E-state index is -1.10. The van der Waals surface area contributed by atoms with Gasteiger partial charge in [-0.15, -0.1) is 12.3 Å². The summed E-state index contributed by atoms with van der Waals surface area (Å²) in [5.41, 5.74) is 4.20. The highest BCUT2D eigenvalue weighted by molar-refractivity contribution is 5.83. The Balaban J connectivity index is 2.65. The summed E-state index contributed by atoms with van der Waals surface area (Å²) in [7, 11) is 0. The van der Waals surface area contributed by atoms with Crippen LogP contribution in [0.1, 0.15) is 6.42 Å². The molecule has 1 aliphatic carbocycles. The fourth-order valence-electron chi connectivity index (χ4n) is 0.723. The highest BCUT2D eigenvalue weighted by Crippen LogP contribution is 2.40. The zero-order valence-corrected chi connectivity index (χ0v) is 4.79. The molecule has 48 valence electrons. The molecule has 1 fully saturated rings. The summed E-state index contributed by atoms with van der Waals surface area (Å²) in [6.45, 7) is 0. The Morgan fingerprint density at radius 2 is 2.56 bits per heavy atom. The quantitative estimate of drug-likeness (QED) is 0.461. The summed E-state index contributed by atoms with van der Waals surface area (Å²) in [6, 6.07) is 0. The van der Waals surface area contributed by atoms with E-state index in [4.69, 9.17) is 17.3 Å². The number of aliphatic carboxylic acids is 1. The second-order valence-electron chi connectivity index (χ2n) is 2.27. The van der Waals surface area contributed by atoms with Gasteiger partial charge in [-0.3, -0.25) is 4.79 Å². The van der Waals surface area contributed by atoms with E-state index in [0.29, 0.717) is 6.42 Å². The first-order chi connectivity index (χ1) is 4.11. The third-order valence-electron chi connectivity index (χ3n) is 1.60. The van der Waals surface area contributed by atoms with Crippen molar-refractivity contribution < 1.29 is 9.90 Å². The van der Waals surface area contributed by atoms with Gasteiger partial charge in [-0.2, -0.15) is 0 Å². The lowest BCUT2D eigenvalue weighted by molar-refractivity contribution is -0.139. The molecule has 3 heteroatoms. The molecule has 3 N–H and O–H groups in total. The standard InChI is InChI=1S/C6H7NO2/c1-2-4-3-6(4,7)5(8)9/h1,4H,3,7H2,(H,8,9). The molecule has 0 radical (unpaired) electrons. The van der Waals surface area contributed by atoms with Gasteiger partial charge in [-0.05, 0) is 6.42 Å². The van der Waals surface area contributed by atoms with Crippen molar-refractivity contribution in [2.45, 2.75) is 12.0 Å². The van der Waals surface area contributed by atoms with E-state index < -0.39 is 11.5 Å². The Bertz CT molecular complexity index is 194. The van der Waals surface area contributed by atoms with Crippen LogP contribution >= 0.6 is 0 Å². The van der Waals surface area contributed by atoms with E-state index in [1.54, 1.807) is 0 Å². The Hall–Kier alpha value is -1.01. The minimum absolute atomic E-state index is 0.255. The third-order valence-corrected chi connectivity index (χ3v) is 1.60. The summed E-state index contributed by atoms with van der Waals surface area (Å²) in [5.74, 6) is 1.06. The van der Waals surface area contributed by atoms with Crippen molar-refractivity contribution in [1.29, 1.82) is 0 Å². The number of carbonyl (C=O) groups is 1. The Kier molecular flexibility index (Phi) is 1.01. The van der Waals surface area contributed by atoms with Gasteiger partial charge in [0.2, 0.25) is 0 Å². The first-order valence-electron chi connectivity index (χ1n) is 2.59. The molecule has 2 unspecified atom stereocenters. The average Bonchev–Trinajstić information content (AvgIpc) is 2.44. The number of nitrogens with two attached hydrogens (primary N) is 1. The highest BCUT2D eigenvalue weighted by atomic mass is 16.4. The molecule has 0 aromatic carbocycles. The lowest BCUT2D eigenvalue weighted by Crippen LogP contribution is -2.34. The molecule has 0 aromatic rings. The molecular formula is C6H7NO2. The van der Waals surface area contributed by atoms with E-state index in [-0.39, 0.29) is 5.92 Å². The molecule has 0 saturated heterocycles. The van der Waals surface area contributed by atoms with Crippen molar-refractivity contribution in [2.75, 3.05) is 0 Å². The molecule has 0 aromatic heterocycles. The predicted molar refractivity (Wildman–Crippen MR) is 31.5 cm³/mol. The average molecular weight is 125 g/mol. The fourth-order valence-corrected chi connectivity index (χ4v) is 0.723. The molecular weight excluding hydrogens is 118 g/mol. The van der Waals surface area contributed by atoms with E-state index in [1.807, 2.05) is 0 Å². The van der Waals surface area contributed by atoms with E-state index in [1.165, 1.54) is 0 Å². The third kappa shape index (κ3) is 0.681. The number of rotatable bonds is 1. The van der Waals surface area contributed by atoms with Crippen LogP contribution in [0.15, 0.2) is 0 Å². The molecule has 1 saturated carbocycles. The number of hydrogen-bond donors (Lipinski definition) is 2. The zero-order valence-electron chi connectivity index (χ0n) is 4.79. The molecule has 0 aliphatic heterocycles. The Morgan fingerprint density at radius 1 is 2.00 bits per heavy atom. The van der Waals surface area contributed by atoms with Gasteiger partial charge in [-0.1, -0.05) is 0 Å².